The lowest BCUT2D eigenvalue weighted by atomic mass is 9.92. The number of para-hydroxylation sites is 2. The van der Waals surface area contributed by atoms with Crippen LogP contribution in [-0.4, -0.2) is 14.5 Å². The zero-order valence-corrected chi connectivity index (χ0v) is 24.3. The van der Waals surface area contributed by atoms with Gasteiger partial charge in [-0.15, -0.1) is 0 Å². The van der Waals surface area contributed by atoms with Crippen LogP contribution in [0.1, 0.15) is 0 Å². The Morgan fingerprint density at radius 1 is 0.378 bits per heavy atom. The van der Waals surface area contributed by atoms with Gasteiger partial charge in [0.15, 0.2) is 5.82 Å². The molecule has 3 nitrogen and oxygen atoms in total. The highest BCUT2D eigenvalue weighted by Crippen LogP contribution is 2.51. The molecule has 0 saturated heterocycles. The van der Waals surface area contributed by atoms with E-state index < -0.39 is 0 Å². The van der Waals surface area contributed by atoms with Crippen molar-refractivity contribution in [3.63, 3.8) is 0 Å². The highest BCUT2D eigenvalue weighted by Gasteiger charge is 2.27. The van der Waals surface area contributed by atoms with E-state index in [2.05, 4.69) is 132 Å². The van der Waals surface area contributed by atoms with E-state index in [1.165, 1.54) is 54.9 Å². The Bertz CT molecular complexity index is 2630. The summed E-state index contributed by atoms with van der Waals surface area (Å²) in [5, 5.41) is 5.04. The van der Waals surface area contributed by atoms with Gasteiger partial charge in [0.25, 0.3) is 0 Å². The molecule has 7 aromatic carbocycles. The highest BCUT2D eigenvalue weighted by atomic mass is 15.1. The van der Waals surface area contributed by atoms with Crippen molar-refractivity contribution in [2.75, 3.05) is 0 Å². The molecule has 208 valence electrons. The predicted molar refractivity (Wildman–Crippen MR) is 187 cm³/mol. The lowest BCUT2D eigenvalue weighted by Gasteiger charge is -2.16. The fraction of sp³-hybridized carbons (Fsp3) is 0. The number of benzene rings is 7. The minimum absolute atomic E-state index is 0.835. The maximum Gasteiger partial charge on any atom is 0.165 e. The van der Waals surface area contributed by atoms with Crippen LogP contribution in [0.4, 0.5) is 0 Å². The summed E-state index contributed by atoms with van der Waals surface area (Å²) in [5.74, 6) is 0.835. The predicted octanol–water partition coefficient (Wildman–Crippen LogP) is 10.9. The van der Waals surface area contributed by atoms with E-state index >= 15 is 0 Å². The average Bonchev–Trinajstić information content (AvgIpc) is 3.39. The molecule has 0 unspecified atom stereocenters. The van der Waals surface area contributed by atoms with Gasteiger partial charge in [-0.1, -0.05) is 121 Å². The number of hydrogen-bond acceptors (Lipinski definition) is 2. The summed E-state index contributed by atoms with van der Waals surface area (Å²) in [7, 11) is 0. The van der Waals surface area contributed by atoms with Gasteiger partial charge in [-0.25, -0.2) is 9.97 Å². The molecule has 45 heavy (non-hydrogen) atoms. The van der Waals surface area contributed by atoms with Gasteiger partial charge in [-0.05, 0) is 74.5 Å². The fourth-order valence-electron chi connectivity index (χ4n) is 7.35. The quantitative estimate of drug-likeness (QED) is 0.211. The summed E-state index contributed by atoms with van der Waals surface area (Å²) in [6, 6.07) is 54.1. The van der Waals surface area contributed by atoms with E-state index in [0.717, 1.165) is 39.1 Å². The molecule has 2 aromatic heterocycles. The first kappa shape index (κ1) is 24.4. The second kappa shape index (κ2) is 9.22. The monoisotopic (exact) mass is 571 g/mol. The third-order valence-electron chi connectivity index (χ3n) is 9.30. The molecular formula is C42H25N3. The minimum Gasteiger partial charge on any atom is -0.292 e. The molecule has 0 N–H and O–H groups in total. The summed E-state index contributed by atoms with van der Waals surface area (Å²) in [5.41, 5.74) is 13.3. The molecule has 0 saturated carbocycles. The minimum atomic E-state index is 0.835. The molecule has 0 fully saturated rings. The Morgan fingerprint density at radius 2 is 1.02 bits per heavy atom. The van der Waals surface area contributed by atoms with Gasteiger partial charge < -0.3 is 0 Å². The number of fused-ring (bicyclic) bond motifs is 4. The van der Waals surface area contributed by atoms with Crippen molar-refractivity contribution in [2.24, 2.45) is 0 Å². The van der Waals surface area contributed by atoms with Crippen LogP contribution in [0.15, 0.2) is 152 Å². The summed E-state index contributed by atoms with van der Waals surface area (Å²) in [6.45, 7) is 0. The summed E-state index contributed by atoms with van der Waals surface area (Å²) >= 11 is 0. The Hall–Kier alpha value is -6.06. The van der Waals surface area contributed by atoms with Crippen LogP contribution >= 0.6 is 0 Å². The fourth-order valence-corrected chi connectivity index (χ4v) is 7.35. The zero-order chi connectivity index (χ0) is 29.5. The third kappa shape index (κ3) is 3.46. The first-order valence-corrected chi connectivity index (χ1v) is 15.4. The van der Waals surface area contributed by atoms with Crippen molar-refractivity contribution < 1.29 is 0 Å². The molecule has 3 heteroatoms. The molecule has 0 atom stereocenters. The van der Waals surface area contributed by atoms with Crippen LogP contribution in [0.5, 0.6) is 0 Å². The number of nitrogens with zero attached hydrogens (tertiary/aromatic N) is 3. The van der Waals surface area contributed by atoms with Gasteiger partial charge in [0, 0.05) is 16.3 Å². The zero-order valence-electron chi connectivity index (χ0n) is 24.3. The van der Waals surface area contributed by atoms with Crippen molar-refractivity contribution >= 4 is 43.6 Å². The standard InChI is InChI=1S/C42H25N3/c1-3-12-26(13-4-1)29-24-33-31-18-8-7-17-30(31)32-19-11-16-27-22-23-36-40(38(27)32)39(33)37(25-29)45(36)42-41(28-14-5-2-6-15-28)43-34-20-9-10-21-35(34)44-42/h1-25H. The molecule has 0 radical (unpaired) electrons. The van der Waals surface area contributed by atoms with Crippen LogP contribution in [0.25, 0.3) is 94.1 Å². The molecule has 0 amide bonds. The second-order valence-electron chi connectivity index (χ2n) is 11.8. The van der Waals surface area contributed by atoms with Gasteiger partial charge >= 0.3 is 0 Å². The Morgan fingerprint density at radius 3 is 1.80 bits per heavy atom. The van der Waals surface area contributed by atoms with Crippen LogP contribution in [0.3, 0.4) is 0 Å². The van der Waals surface area contributed by atoms with E-state index in [9.17, 15) is 0 Å². The number of hydrogen-bond donors (Lipinski definition) is 0. The molecule has 0 spiro atoms. The normalized spacial score (nSPS) is 12.0. The summed E-state index contributed by atoms with van der Waals surface area (Å²) in [6.07, 6.45) is 0. The lowest BCUT2D eigenvalue weighted by Crippen LogP contribution is -2.04. The van der Waals surface area contributed by atoms with E-state index in [1.807, 2.05) is 24.3 Å². The van der Waals surface area contributed by atoms with Gasteiger partial charge in [-0.3, -0.25) is 4.57 Å². The molecular weight excluding hydrogens is 546 g/mol. The SMILES string of the molecule is c1ccc(-c2cc3c4c5c6c(cccc6ccc5n(-c5nc6ccccc6nc5-c5ccccc5)c4c2)-c2ccccc2-3)cc1. The van der Waals surface area contributed by atoms with Crippen LogP contribution in [-0.2, 0) is 0 Å². The summed E-state index contributed by atoms with van der Waals surface area (Å²) < 4.78 is 2.37. The molecule has 0 bridgehead atoms. The van der Waals surface area contributed by atoms with Crippen LogP contribution < -0.4 is 0 Å². The van der Waals surface area contributed by atoms with E-state index in [1.54, 1.807) is 0 Å². The van der Waals surface area contributed by atoms with Gasteiger partial charge in [-0.2, -0.15) is 0 Å². The molecule has 9 aromatic rings. The maximum absolute atomic E-state index is 5.39. The molecule has 1 aliphatic rings. The summed E-state index contributed by atoms with van der Waals surface area (Å²) in [4.78, 5) is 10.7. The van der Waals surface area contributed by atoms with Gasteiger partial charge in [0.1, 0.15) is 5.69 Å². The van der Waals surface area contributed by atoms with Gasteiger partial charge in [0.2, 0.25) is 0 Å². The maximum atomic E-state index is 5.39. The number of rotatable bonds is 3. The van der Waals surface area contributed by atoms with Crippen molar-refractivity contribution in [3.8, 4) is 50.5 Å². The second-order valence-corrected chi connectivity index (χ2v) is 11.8. The molecule has 1 aliphatic carbocycles. The largest absolute Gasteiger partial charge is 0.292 e. The Labute approximate surface area is 259 Å². The van der Waals surface area contributed by atoms with Gasteiger partial charge in [0.05, 0.1) is 22.1 Å². The topological polar surface area (TPSA) is 30.7 Å². The van der Waals surface area contributed by atoms with E-state index in [-0.39, 0.29) is 0 Å². The third-order valence-corrected chi connectivity index (χ3v) is 9.30. The van der Waals surface area contributed by atoms with Crippen LogP contribution in [0, 0.1) is 0 Å². The van der Waals surface area contributed by atoms with Crippen molar-refractivity contribution in [1.82, 2.24) is 14.5 Å². The highest BCUT2D eigenvalue weighted by molar-refractivity contribution is 6.31. The molecule has 0 aliphatic heterocycles. The van der Waals surface area contributed by atoms with Crippen molar-refractivity contribution in [2.45, 2.75) is 0 Å². The Kier molecular flexibility index (Phi) is 5.00. The first-order chi connectivity index (χ1) is 22.3. The molecule has 2 heterocycles. The van der Waals surface area contributed by atoms with E-state index in [4.69, 9.17) is 9.97 Å². The Balaban J connectivity index is 1.46. The smallest absolute Gasteiger partial charge is 0.165 e. The molecule has 10 rings (SSSR count). The average molecular weight is 572 g/mol. The van der Waals surface area contributed by atoms with E-state index in [0.29, 0.717) is 0 Å². The van der Waals surface area contributed by atoms with Crippen molar-refractivity contribution in [1.29, 1.82) is 0 Å². The first-order valence-electron chi connectivity index (χ1n) is 15.4. The lowest BCUT2D eigenvalue weighted by molar-refractivity contribution is 1.08. The number of aromatic nitrogens is 3. The van der Waals surface area contributed by atoms with Crippen molar-refractivity contribution in [3.05, 3.63) is 152 Å². The van der Waals surface area contributed by atoms with Crippen LogP contribution in [0.2, 0.25) is 0 Å².